The first-order valence-corrected chi connectivity index (χ1v) is 12.0. The van der Waals surface area contributed by atoms with E-state index in [0.717, 1.165) is 12.8 Å². The molecule has 2 atom stereocenters. The number of hydrogen-bond donors (Lipinski definition) is 1. The number of hydroxylamine groups is 2. The first kappa shape index (κ1) is 24.3. The van der Waals surface area contributed by atoms with Crippen LogP contribution in [0.1, 0.15) is 53.9 Å². The van der Waals surface area contributed by atoms with E-state index in [1.54, 1.807) is 7.05 Å². The standard InChI is InChI=1S/C19H39NO4Si/c1-15(11-10-14-21)12-13-17(16(2)18(22)20(6)23-7)24-25(8,9)19(3,4)5/h11,16-17,21H,10,12-14H2,1-9H3/b15-11+/t16-,17+/m1/s1. The molecule has 0 aromatic heterocycles. The number of aliphatic hydroxyl groups is 1. The molecule has 0 heterocycles. The highest BCUT2D eigenvalue weighted by atomic mass is 28.4. The van der Waals surface area contributed by atoms with E-state index in [1.165, 1.54) is 17.7 Å². The van der Waals surface area contributed by atoms with Crippen LogP contribution in [0, 0.1) is 5.92 Å². The highest BCUT2D eigenvalue weighted by Gasteiger charge is 2.41. The molecular weight excluding hydrogens is 334 g/mol. The Morgan fingerprint density at radius 3 is 2.32 bits per heavy atom. The van der Waals surface area contributed by atoms with E-state index in [9.17, 15) is 4.79 Å². The average molecular weight is 374 g/mol. The van der Waals surface area contributed by atoms with Gasteiger partial charge in [-0.1, -0.05) is 39.3 Å². The number of nitrogens with zero attached hydrogens (tertiary/aromatic N) is 1. The maximum atomic E-state index is 12.6. The molecule has 0 rings (SSSR count). The van der Waals surface area contributed by atoms with E-state index in [1.807, 2.05) is 6.92 Å². The maximum Gasteiger partial charge on any atom is 0.251 e. The quantitative estimate of drug-likeness (QED) is 0.355. The molecule has 0 aromatic rings. The highest BCUT2D eigenvalue weighted by molar-refractivity contribution is 6.74. The van der Waals surface area contributed by atoms with Crippen molar-refractivity contribution in [1.82, 2.24) is 5.06 Å². The van der Waals surface area contributed by atoms with E-state index < -0.39 is 8.32 Å². The zero-order chi connectivity index (χ0) is 19.8. The minimum absolute atomic E-state index is 0.0665. The number of aliphatic hydroxyl groups excluding tert-OH is 1. The van der Waals surface area contributed by atoms with Crippen LogP contribution in [0.2, 0.25) is 18.1 Å². The van der Waals surface area contributed by atoms with E-state index in [4.69, 9.17) is 14.4 Å². The van der Waals surface area contributed by atoms with Crippen molar-refractivity contribution >= 4 is 14.2 Å². The Morgan fingerprint density at radius 1 is 1.32 bits per heavy atom. The molecule has 0 saturated carbocycles. The van der Waals surface area contributed by atoms with E-state index >= 15 is 0 Å². The Bertz CT molecular complexity index is 443. The molecule has 0 unspecified atom stereocenters. The third kappa shape index (κ3) is 8.03. The number of amides is 1. The van der Waals surface area contributed by atoms with Gasteiger partial charge in [-0.25, -0.2) is 5.06 Å². The zero-order valence-corrected chi connectivity index (χ0v) is 18.7. The van der Waals surface area contributed by atoms with Gasteiger partial charge < -0.3 is 9.53 Å². The molecule has 0 saturated heterocycles. The van der Waals surface area contributed by atoms with E-state index in [-0.39, 0.29) is 29.6 Å². The summed E-state index contributed by atoms with van der Waals surface area (Å²) in [5.74, 6) is -0.340. The van der Waals surface area contributed by atoms with E-state index in [2.05, 4.69) is 46.9 Å². The van der Waals surface area contributed by atoms with Crippen LogP contribution in [0.15, 0.2) is 11.6 Å². The summed E-state index contributed by atoms with van der Waals surface area (Å²) in [6, 6.07) is 0. The lowest BCUT2D eigenvalue weighted by Gasteiger charge is -2.41. The molecule has 0 aromatic carbocycles. The molecule has 0 aliphatic carbocycles. The molecule has 0 fully saturated rings. The first-order valence-electron chi connectivity index (χ1n) is 9.13. The molecule has 25 heavy (non-hydrogen) atoms. The topological polar surface area (TPSA) is 59.0 Å². The maximum absolute atomic E-state index is 12.6. The smallest absolute Gasteiger partial charge is 0.251 e. The normalized spacial score (nSPS) is 15.8. The predicted octanol–water partition coefficient (Wildman–Crippen LogP) is 4.14. The molecular formula is C19H39NO4Si. The molecule has 6 heteroatoms. The van der Waals surface area contributed by atoms with Gasteiger partial charge in [-0.2, -0.15) is 0 Å². The largest absolute Gasteiger partial charge is 0.413 e. The lowest BCUT2D eigenvalue weighted by Crippen LogP contribution is -2.48. The summed E-state index contributed by atoms with van der Waals surface area (Å²) in [7, 11) is 1.14. The number of carbonyl (C=O) groups excluding carboxylic acids is 1. The summed E-state index contributed by atoms with van der Waals surface area (Å²) in [6.45, 7) is 15.2. The van der Waals surface area contributed by atoms with Crippen molar-refractivity contribution in [2.45, 2.75) is 78.1 Å². The van der Waals surface area contributed by atoms with Crippen LogP contribution >= 0.6 is 0 Å². The van der Waals surface area contributed by atoms with Crippen LogP contribution in [0.5, 0.6) is 0 Å². The Balaban J connectivity index is 5.27. The second-order valence-corrected chi connectivity index (χ2v) is 13.1. The summed E-state index contributed by atoms with van der Waals surface area (Å²) in [5.41, 5.74) is 1.22. The van der Waals surface area contributed by atoms with Crippen molar-refractivity contribution in [3.8, 4) is 0 Å². The second-order valence-electron chi connectivity index (χ2n) is 8.33. The van der Waals surface area contributed by atoms with Gasteiger partial charge >= 0.3 is 0 Å². The van der Waals surface area contributed by atoms with Gasteiger partial charge in [-0.3, -0.25) is 9.63 Å². The lowest BCUT2D eigenvalue weighted by atomic mass is 9.97. The highest BCUT2D eigenvalue weighted by Crippen LogP contribution is 2.39. The van der Waals surface area contributed by atoms with Crippen LogP contribution in [0.3, 0.4) is 0 Å². The summed E-state index contributed by atoms with van der Waals surface area (Å²) >= 11 is 0. The van der Waals surface area contributed by atoms with Crippen LogP contribution in [-0.2, 0) is 14.1 Å². The number of hydrogen-bond acceptors (Lipinski definition) is 4. The monoisotopic (exact) mass is 373 g/mol. The van der Waals surface area contributed by atoms with Gasteiger partial charge in [0.25, 0.3) is 5.91 Å². The summed E-state index contributed by atoms with van der Waals surface area (Å²) in [4.78, 5) is 17.6. The Kier molecular flexibility index (Phi) is 10.2. The van der Waals surface area contributed by atoms with Crippen molar-refractivity contribution in [3.05, 3.63) is 11.6 Å². The molecule has 1 N–H and O–H groups in total. The van der Waals surface area contributed by atoms with Crippen LogP contribution in [0.4, 0.5) is 0 Å². The third-order valence-corrected chi connectivity index (χ3v) is 9.73. The van der Waals surface area contributed by atoms with Crippen molar-refractivity contribution in [3.63, 3.8) is 0 Å². The van der Waals surface area contributed by atoms with Gasteiger partial charge in [0.05, 0.1) is 19.1 Å². The van der Waals surface area contributed by atoms with Gasteiger partial charge in [-0.15, -0.1) is 0 Å². The number of rotatable bonds is 10. The van der Waals surface area contributed by atoms with Crippen LogP contribution in [-0.4, -0.2) is 51.3 Å². The molecule has 148 valence electrons. The van der Waals surface area contributed by atoms with Crippen LogP contribution < -0.4 is 0 Å². The Hall–Kier alpha value is -0.693. The van der Waals surface area contributed by atoms with Gasteiger partial charge in [0.1, 0.15) is 0 Å². The molecule has 0 radical (unpaired) electrons. The van der Waals surface area contributed by atoms with Gasteiger partial charge in [0, 0.05) is 13.7 Å². The number of allylic oxidation sites excluding steroid dienone is 1. The molecule has 5 nitrogen and oxygen atoms in total. The fourth-order valence-corrected chi connectivity index (χ4v) is 3.72. The Morgan fingerprint density at radius 2 is 1.88 bits per heavy atom. The molecule has 0 bridgehead atoms. The minimum Gasteiger partial charge on any atom is -0.413 e. The average Bonchev–Trinajstić information content (AvgIpc) is 2.53. The summed E-state index contributed by atoms with van der Waals surface area (Å²) in [6.07, 6.45) is 4.21. The molecule has 1 amide bonds. The third-order valence-electron chi connectivity index (χ3n) is 5.23. The lowest BCUT2D eigenvalue weighted by molar-refractivity contribution is -0.176. The minimum atomic E-state index is -1.99. The Labute approximate surface area is 155 Å². The van der Waals surface area contributed by atoms with Crippen LogP contribution in [0.25, 0.3) is 0 Å². The van der Waals surface area contributed by atoms with Gasteiger partial charge in [0.2, 0.25) is 0 Å². The van der Waals surface area contributed by atoms with Crippen molar-refractivity contribution in [2.75, 3.05) is 20.8 Å². The SMILES string of the molecule is CON(C)C(=O)[C@H](C)[C@H](CC/C(C)=C/CCO)O[Si](C)(C)C(C)(C)C. The summed E-state index contributed by atoms with van der Waals surface area (Å²) < 4.78 is 6.59. The molecule has 0 spiro atoms. The zero-order valence-electron chi connectivity index (χ0n) is 17.7. The predicted molar refractivity (Wildman–Crippen MR) is 106 cm³/mol. The molecule has 0 aliphatic heterocycles. The second kappa shape index (κ2) is 10.5. The first-order chi connectivity index (χ1) is 11.4. The number of carbonyl (C=O) groups is 1. The van der Waals surface area contributed by atoms with Crippen molar-refractivity contribution < 1.29 is 19.2 Å². The van der Waals surface area contributed by atoms with E-state index in [0.29, 0.717) is 6.42 Å². The fourth-order valence-electron chi connectivity index (χ4n) is 2.28. The van der Waals surface area contributed by atoms with Crippen molar-refractivity contribution in [1.29, 1.82) is 0 Å². The van der Waals surface area contributed by atoms with Gasteiger partial charge in [0.15, 0.2) is 8.32 Å². The fraction of sp³-hybridized carbons (Fsp3) is 0.842. The van der Waals surface area contributed by atoms with Crippen molar-refractivity contribution in [2.24, 2.45) is 5.92 Å². The molecule has 0 aliphatic rings. The summed E-state index contributed by atoms with van der Waals surface area (Å²) in [5, 5.41) is 10.3. The van der Waals surface area contributed by atoms with Gasteiger partial charge in [-0.05, 0) is 44.3 Å².